The van der Waals surface area contributed by atoms with Gasteiger partial charge >= 0.3 is 0 Å². The molecule has 0 saturated carbocycles. The van der Waals surface area contributed by atoms with Gasteiger partial charge in [0.2, 0.25) is 5.91 Å². The van der Waals surface area contributed by atoms with Gasteiger partial charge in [0.1, 0.15) is 6.04 Å². The average molecular weight is 262 g/mol. The third kappa shape index (κ3) is 2.73. The van der Waals surface area contributed by atoms with E-state index in [1.165, 1.54) is 0 Å². The summed E-state index contributed by atoms with van der Waals surface area (Å²) in [6.45, 7) is 6.72. The van der Waals surface area contributed by atoms with Crippen molar-refractivity contribution in [3.63, 3.8) is 0 Å². The molecule has 2 rings (SSSR count). The number of nitrogens with zero attached hydrogens (tertiary/aromatic N) is 1. The van der Waals surface area contributed by atoms with E-state index >= 15 is 0 Å². The van der Waals surface area contributed by atoms with Crippen LogP contribution in [0.25, 0.3) is 0 Å². The first-order chi connectivity index (χ1) is 8.95. The van der Waals surface area contributed by atoms with Gasteiger partial charge in [-0.3, -0.25) is 4.79 Å². The zero-order valence-corrected chi connectivity index (χ0v) is 11.8. The van der Waals surface area contributed by atoms with E-state index in [1.54, 1.807) is 0 Å². The Morgan fingerprint density at radius 1 is 1.47 bits per heavy atom. The van der Waals surface area contributed by atoms with Gasteiger partial charge in [-0.1, -0.05) is 12.1 Å². The molecule has 1 unspecified atom stereocenters. The monoisotopic (exact) mass is 262 g/mol. The van der Waals surface area contributed by atoms with E-state index in [9.17, 15) is 9.90 Å². The Balaban J connectivity index is 2.48. The van der Waals surface area contributed by atoms with Crippen LogP contribution < -0.4 is 10.2 Å². The molecule has 1 aromatic carbocycles. The lowest BCUT2D eigenvalue weighted by Gasteiger charge is -2.42. The molecule has 0 radical (unpaired) electrons. The molecule has 19 heavy (non-hydrogen) atoms. The minimum atomic E-state index is -0.528. The Hall–Kier alpha value is -1.55. The maximum atomic E-state index is 12.1. The highest BCUT2D eigenvalue weighted by atomic mass is 16.3. The number of nitrogens with one attached hydrogen (secondary N) is 1. The lowest BCUT2D eigenvalue weighted by atomic mass is 9.95. The molecule has 4 heteroatoms. The maximum absolute atomic E-state index is 12.1. The molecule has 1 aliphatic heterocycles. The number of aliphatic hydroxyl groups is 1. The van der Waals surface area contributed by atoms with Crippen LogP contribution in [0.3, 0.4) is 0 Å². The van der Waals surface area contributed by atoms with Crippen molar-refractivity contribution >= 4 is 11.6 Å². The van der Waals surface area contributed by atoms with Crippen LogP contribution in [0.2, 0.25) is 0 Å². The fourth-order valence-corrected chi connectivity index (χ4v) is 2.74. The average Bonchev–Trinajstić information content (AvgIpc) is 2.45. The number of benzene rings is 1. The van der Waals surface area contributed by atoms with Gasteiger partial charge in [0, 0.05) is 17.8 Å². The van der Waals surface area contributed by atoms with Crippen LogP contribution >= 0.6 is 0 Å². The molecule has 1 saturated heterocycles. The Bertz CT molecular complexity index is 471. The summed E-state index contributed by atoms with van der Waals surface area (Å²) in [5.41, 5.74) is 1.95. The Kier molecular flexibility index (Phi) is 3.80. The molecule has 1 amide bonds. The predicted octanol–water partition coefficient (Wildman–Crippen LogP) is 1.46. The summed E-state index contributed by atoms with van der Waals surface area (Å²) in [6.07, 6.45) is 0.850. The Morgan fingerprint density at radius 2 is 2.21 bits per heavy atom. The van der Waals surface area contributed by atoms with Gasteiger partial charge in [0.05, 0.1) is 6.61 Å². The second-order valence-electron chi connectivity index (χ2n) is 5.76. The van der Waals surface area contributed by atoms with Gasteiger partial charge in [-0.2, -0.15) is 0 Å². The fourth-order valence-electron chi connectivity index (χ4n) is 2.74. The number of aryl methyl sites for hydroxylation is 1. The van der Waals surface area contributed by atoms with Gasteiger partial charge in [-0.15, -0.1) is 0 Å². The number of anilines is 1. The molecule has 0 bridgehead atoms. The number of hydrogen-bond acceptors (Lipinski definition) is 3. The summed E-state index contributed by atoms with van der Waals surface area (Å²) in [5.74, 6) is -0.102. The van der Waals surface area contributed by atoms with Crippen molar-refractivity contribution in [2.45, 2.75) is 38.8 Å². The molecule has 0 aliphatic carbocycles. The zero-order chi connectivity index (χ0) is 14.0. The van der Waals surface area contributed by atoms with Gasteiger partial charge in [-0.05, 0) is 44.9 Å². The molecule has 104 valence electrons. The van der Waals surface area contributed by atoms with E-state index in [-0.39, 0.29) is 18.1 Å². The number of rotatable bonds is 2. The molecule has 1 aromatic rings. The van der Waals surface area contributed by atoms with Crippen LogP contribution in [0.1, 0.15) is 25.8 Å². The van der Waals surface area contributed by atoms with Crippen molar-refractivity contribution in [1.29, 1.82) is 0 Å². The molecule has 0 aromatic heterocycles. The zero-order valence-electron chi connectivity index (χ0n) is 11.8. The molecule has 2 N–H and O–H groups in total. The van der Waals surface area contributed by atoms with Gasteiger partial charge in [0.15, 0.2) is 0 Å². The number of carbonyl (C=O) groups is 1. The highest BCUT2D eigenvalue weighted by Crippen LogP contribution is 2.31. The first kappa shape index (κ1) is 13.9. The second-order valence-corrected chi connectivity index (χ2v) is 5.76. The summed E-state index contributed by atoms with van der Waals surface area (Å²) in [6, 6.07) is 7.54. The smallest absolute Gasteiger partial charge is 0.245 e. The predicted molar refractivity (Wildman–Crippen MR) is 76.2 cm³/mol. The van der Waals surface area contributed by atoms with E-state index in [1.807, 2.05) is 30.0 Å². The highest BCUT2D eigenvalue weighted by molar-refractivity contribution is 5.86. The van der Waals surface area contributed by atoms with E-state index in [2.05, 4.69) is 25.2 Å². The Morgan fingerprint density at radius 3 is 2.84 bits per heavy atom. The van der Waals surface area contributed by atoms with Crippen LogP contribution in [-0.4, -0.2) is 35.7 Å². The van der Waals surface area contributed by atoms with Crippen molar-refractivity contribution in [2.75, 3.05) is 18.1 Å². The minimum Gasteiger partial charge on any atom is -0.394 e. The molecule has 1 fully saturated rings. The lowest BCUT2D eigenvalue weighted by Crippen LogP contribution is -2.54. The van der Waals surface area contributed by atoms with E-state index < -0.39 is 6.04 Å². The minimum absolute atomic E-state index is 0.102. The third-order valence-electron chi connectivity index (χ3n) is 3.76. The van der Waals surface area contributed by atoms with Crippen molar-refractivity contribution in [2.24, 2.45) is 0 Å². The maximum Gasteiger partial charge on any atom is 0.245 e. The molecule has 1 atom stereocenters. The molecular weight excluding hydrogens is 240 g/mol. The Labute approximate surface area is 114 Å². The molecule has 0 spiro atoms. The quantitative estimate of drug-likeness (QED) is 0.848. The standard InChI is InChI=1S/C15H22N2O2/c1-11-5-4-6-12(9-11)17-13(10-18)14(19)16-8-7-15(17,2)3/h4-6,9,13,18H,7-8,10H2,1-3H3,(H,16,19). The van der Waals surface area contributed by atoms with Crippen molar-refractivity contribution in [3.8, 4) is 0 Å². The topological polar surface area (TPSA) is 52.6 Å². The van der Waals surface area contributed by atoms with Crippen molar-refractivity contribution in [1.82, 2.24) is 5.32 Å². The SMILES string of the molecule is Cc1cccc(N2C(CO)C(=O)NCCC2(C)C)c1. The highest BCUT2D eigenvalue weighted by Gasteiger charge is 2.38. The van der Waals surface area contributed by atoms with Gasteiger partial charge in [-0.25, -0.2) is 0 Å². The molecular formula is C15H22N2O2. The lowest BCUT2D eigenvalue weighted by molar-refractivity contribution is -0.122. The largest absolute Gasteiger partial charge is 0.394 e. The van der Waals surface area contributed by atoms with E-state index in [0.29, 0.717) is 6.54 Å². The summed E-state index contributed by atoms with van der Waals surface area (Å²) >= 11 is 0. The van der Waals surface area contributed by atoms with E-state index in [0.717, 1.165) is 17.7 Å². The van der Waals surface area contributed by atoms with Crippen LogP contribution in [0, 0.1) is 6.92 Å². The first-order valence-corrected chi connectivity index (χ1v) is 6.70. The third-order valence-corrected chi connectivity index (χ3v) is 3.76. The molecule has 1 heterocycles. The van der Waals surface area contributed by atoms with Crippen LogP contribution in [-0.2, 0) is 4.79 Å². The van der Waals surface area contributed by atoms with Crippen LogP contribution in [0.4, 0.5) is 5.69 Å². The van der Waals surface area contributed by atoms with Crippen LogP contribution in [0.5, 0.6) is 0 Å². The number of amides is 1. The summed E-state index contributed by atoms with van der Waals surface area (Å²) in [5, 5.41) is 12.5. The fraction of sp³-hybridized carbons (Fsp3) is 0.533. The van der Waals surface area contributed by atoms with E-state index in [4.69, 9.17) is 0 Å². The summed E-state index contributed by atoms with van der Waals surface area (Å²) in [4.78, 5) is 14.1. The van der Waals surface area contributed by atoms with Crippen molar-refractivity contribution in [3.05, 3.63) is 29.8 Å². The molecule has 1 aliphatic rings. The summed E-state index contributed by atoms with van der Waals surface area (Å²) < 4.78 is 0. The normalized spacial score (nSPS) is 22.8. The van der Waals surface area contributed by atoms with Gasteiger partial charge in [0.25, 0.3) is 0 Å². The van der Waals surface area contributed by atoms with Crippen molar-refractivity contribution < 1.29 is 9.90 Å². The number of hydrogen-bond donors (Lipinski definition) is 2. The number of carbonyl (C=O) groups excluding carboxylic acids is 1. The number of aliphatic hydroxyl groups excluding tert-OH is 1. The van der Waals surface area contributed by atoms with Gasteiger partial charge < -0.3 is 15.3 Å². The molecule has 4 nitrogen and oxygen atoms in total. The first-order valence-electron chi connectivity index (χ1n) is 6.70. The van der Waals surface area contributed by atoms with Crippen LogP contribution in [0.15, 0.2) is 24.3 Å². The summed E-state index contributed by atoms with van der Waals surface area (Å²) in [7, 11) is 0. The second kappa shape index (κ2) is 5.21.